The lowest BCUT2D eigenvalue weighted by molar-refractivity contribution is 0.410. The van der Waals surface area contributed by atoms with Crippen molar-refractivity contribution in [1.29, 1.82) is 0 Å². The molecule has 0 saturated carbocycles. The maximum Gasteiger partial charge on any atom is 0.241 e. The molecule has 1 rings (SSSR count). The largest absolute Gasteiger partial charge is 0.496 e. The Kier molecular flexibility index (Phi) is 4.60. The number of nitrogens with one attached hydrogen (secondary N) is 1. The van der Waals surface area contributed by atoms with Crippen molar-refractivity contribution in [3.63, 3.8) is 0 Å². The summed E-state index contributed by atoms with van der Waals surface area (Å²) < 4.78 is 32.5. The summed E-state index contributed by atoms with van der Waals surface area (Å²) in [5, 5.41) is 0. The molecular formula is C13H22N2O3S. The molecule has 0 bridgehead atoms. The van der Waals surface area contributed by atoms with Gasteiger partial charge < -0.3 is 10.5 Å². The third kappa shape index (κ3) is 3.68. The van der Waals surface area contributed by atoms with E-state index in [1.165, 1.54) is 0 Å². The van der Waals surface area contributed by atoms with Crippen LogP contribution >= 0.6 is 0 Å². The van der Waals surface area contributed by atoms with Crippen molar-refractivity contribution in [2.75, 3.05) is 13.7 Å². The first-order valence-corrected chi connectivity index (χ1v) is 7.50. The van der Waals surface area contributed by atoms with E-state index in [1.54, 1.807) is 40.0 Å². The molecule has 5 nitrogen and oxygen atoms in total. The van der Waals surface area contributed by atoms with E-state index in [0.29, 0.717) is 11.3 Å². The summed E-state index contributed by atoms with van der Waals surface area (Å²) in [6.07, 6.45) is 0. The van der Waals surface area contributed by atoms with Gasteiger partial charge >= 0.3 is 0 Å². The monoisotopic (exact) mass is 286 g/mol. The Hall–Kier alpha value is -1.11. The van der Waals surface area contributed by atoms with Gasteiger partial charge in [0, 0.05) is 12.1 Å². The first kappa shape index (κ1) is 15.9. The molecule has 3 N–H and O–H groups in total. The van der Waals surface area contributed by atoms with Crippen LogP contribution in [-0.4, -0.2) is 27.6 Å². The van der Waals surface area contributed by atoms with Crippen LogP contribution in [0.5, 0.6) is 5.75 Å². The van der Waals surface area contributed by atoms with E-state index < -0.39 is 15.6 Å². The standard InChI is InChI=1S/C13H22N2O3S/c1-9-7-12(10(2)6-11(9)18-5)19(16,17)15-13(3,4)8-14/h6-7,15H,8,14H2,1-5H3. The summed E-state index contributed by atoms with van der Waals surface area (Å²) in [4.78, 5) is 0.257. The molecule has 0 spiro atoms. The Bertz CT molecular complexity index is 565. The predicted molar refractivity (Wildman–Crippen MR) is 75.9 cm³/mol. The number of ether oxygens (including phenoxy) is 1. The van der Waals surface area contributed by atoms with E-state index in [9.17, 15) is 8.42 Å². The third-order valence-corrected chi connectivity index (χ3v) is 4.74. The lowest BCUT2D eigenvalue weighted by Gasteiger charge is -2.24. The minimum atomic E-state index is -3.59. The van der Waals surface area contributed by atoms with E-state index in [4.69, 9.17) is 10.5 Å². The summed E-state index contributed by atoms with van der Waals surface area (Å²) in [5.41, 5.74) is 6.30. The number of hydrogen-bond donors (Lipinski definition) is 2. The van der Waals surface area contributed by atoms with Crippen LogP contribution in [0, 0.1) is 13.8 Å². The molecule has 0 saturated heterocycles. The first-order chi connectivity index (χ1) is 8.63. The summed E-state index contributed by atoms with van der Waals surface area (Å²) in [6, 6.07) is 3.34. The summed E-state index contributed by atoms with van der Waals surface area (Å²) in [5.74, 6) is 0.675. The van der Waals surface area contributed by atoms with Crippen molar-refractivity contribution >= 4 is 10.0 Å². The highest BCUT2D eigenvalue weighted by Gasteiger charge is 2.26. The van der Waals surface area contributed by atoms with Gasteiger partial charge in [0.15, 0.2) is 0 Å². The highest BCUT2D eigenvalue weighted by atomic mass is 32.2. The fourth-order valence-electron chi connectivity index (χ4n) is 1.73. The topological polar surface area (TPSA) is 81.4 Å². The van der Waals surface area contributed by atoms with Gasteiger partial charge in [0.2, 0.25) is 10.0 Å². The second kappa shape index (κ2) is 5.48. The fourth-order valence-corrected chi connectivity index (χ4v) is 3.47. The number of rotatable bonds is 5. The van der Waals surface area contributed by atoms with Crippen molar-refractivity contribution in [3.05, 3.63) is 23.3 Å². The van der Waals surface area contributed by atoms with Crippen LogP contribution in [0.3, 0.4) is 0 Å². The maximum absolute atomic E-state index is 12.4. The van der Waals surface area contributed by atoms with E-state index in [-0.39, 0.29) is 11.4 Å². The van der Waals surface area contributed by atoms with E-state index in [0.717, 1.165) is 5.56 Å². The third-order valence-electron chi connectivity index (χ3n) is 2.90. The number of methoxy groups -OCH3 is 1. The number of benzene rings is 1. The Morgan fingerprint density at radius 2 is 1.84 bits per heavy atom. The Morgan fingerprint density at radius 3 is 2.32 bits per heavy atom. The van der Waals surface area contributed by atoms with Gasteiger partial charge in [-0.3, -0.25) is 0 Å². The SMILES string of the molecule is COc1cc(C)c(S(=O)(=O)NC(C)(C)CN)cc1C. The maximum atomic E-state index is 12.4. The van der Waals surface area contributed by atoms with Gasteiger partial charge in [0.05, 0.1) is 12.0 Å². The molecule has 0 amide bonds. The molecule has 0 aliphatic rings. The zero-order valence-electron chi connectivity index (χ0n) is 12.1. The molecule has 6 heteroatoms. The predicted octanol–water partition coefficient (Wildman–Crippen LogP) is 1.33. The second-order valence-electron chi connectivity index (χ2n) is 5.28. The van der Waals surface area contributed by atoms with Crippen molar-refractivity contribution in [3.8, 4) is 5.75 Å². The molecule has 1 aromatic carbocycles. The van der Waals surface area contributed by atoms with E-state index in [1.807, 2.05) is 6.92 Å². The summed E-state index contributed by atoms with van der Waals surface area (Å²) >= 11 is 0. The Morgan fingerprint density at radius 1 is 1.26 bits per heavy atom. The van der Waals surface area contributed by atoms with Crippen LogP contribution < -0.4 is 15.2 Å². The Labute approximate surface area is 115 Å². The normalized spacial score (nSPS) is 12.5. The summed E-state index contributed by atoms with van der Waals surface area (Å²) in [6.45, 7) is 7.27. The lowest BCUT2D eigenvalue weighted by atomic mass is 10.1. The van der Waals surface area contributed by atoms with Crippen LogP contribution in [0.1, 0.15) is 25.0 Å². The van der Waals surface area contributed by atoms with Crippen molar-refractivity contribution in [1.82, 2.24) is 4.72 Å². The molecule has 19 heavy (non-hydrogen) atoms. The van der Waals surface area contributed by atoms with Gasteiger partial charge in [-0.2, -0.15) is 0 Å². The lowest BCUT2D eigenvalue weighted by Crippen LogP contribution is -2.48. The first-order valence-electron chi connectivity index (χ1n) is 6.02. The molecule has 0 unspecified atom stereocenters. The van der Waals surface area contributed by atoms with Gasteiger partial charge in [-0.05, 0) is 51.0 Å². The van der Waals surface area contributed by atoms with Gasteiger partial charge in [-0.25, -0.2) is 13.1 Å². The number of sulfonamides is 1. The number of hydrogen-bond acceptors (Lipinski definition) is 4. The number of nitrogens with two attached hydrogens (primary N) is 1. The molecule has 0 aliphatic carbocycles. The van der Waals surface area contributed by atoms with Gasteiger partial charge in [0.25, 0.3) is 0 Å². The van der Waals surface area contributed by atoms with Crippen molar-refractivity contribution in [2.45, 2.75) is 38.1 Å². The Balaban J connectivity index is 3.27. The smallest absolute Gasteiger partial charge is 0.241 e. The highest BCUT2D eigenvalue weighted by Crippen LogP contribution is 2.26. The highest BCUT2D eigenvalue weighted by molar-refractivity contribution is 7.89. The van der Waals surface area contributed by atoms with Gasteiger partial charge in [-0.15, -0.1) is 0 Å². The zero-order valence-corrected chi connectivity index (χ0v) is 12.9. The molecule has 0 atom stereocenters. The van der Waals surface area contributed by atoms with Gasteiger partial charge in [-0.1, -0.05) is 0 Å². The van der Waals surface area contributed by atoms with Crippen LogP contribution in [0.4, 0.5) is 0 Å². The minimum Gasteiger partial charge on any atom is -0.496 e. The average molecular weight is 286 g/mol. The molecule has 0 aromatic heterocycles. The molecule has 0 aliphatic heterocycles. The molecule has 1 aromatic rings. The molecule has 0 heterocycles. The van der Waals surface area contributed by atoms with Gasteiger partial charge in [0.1, 0.15) is 5.75 Å². The van der Waals surface area contributed by atoms with E-state index in [2.05, 4.69) is 4.72 Å². The molecular weight excluding hydrogens is 264 g/mol. The van der Waals surface area contributed by atoms with E-state index >= 15 is 0 Å². The molecule has 108 valence electrons. The average Bonchev–Trinajstić information content (AvgIpc) is 2.30. The van der Waals surface area contributed by atoms with Crippen LogP contribution in [0.15, 0.2) is 17.0 Å². The van der Waals surface area contributed by atoms with Crippen molar-refractivity contribution in [2.24, 2.45) is 5.73 Å². The molecule has 0 radical (unpaired) electrons. The quantitative estimate of drug-likeness (QED) is 0.855. The second-order valence-corrected chi connectivity index (χ2v) is 6.93. The van der Waals surface area contributed by atoms with Crippen LogP contribution in [0.2, 0.25) is 0 Å². The summed E-state index contributed by atoms with van der Waals surface area (Å²) in [7, 11) is -2.03. The van der Waals surface area contributed by atoms with Crippen molar-refractivity contribution < 1.29 is 13.2 Å². The molecule has 0 fully saturated rings. The number of aryl methyl sites for hydroxylation is 2. The fraction of sp³-hybridized carbons (Fsp3) is 0.538. The van der Waals surface area contributed by atoms with Crippen LogP contribution in [-0.2, 0) is 10.0 Å². The van der Waals surface area contributed by atoms with Crippen LogP contribution in [0.25, 0.3) is 0 Å². The zero-order chi connectivity index (χ0) is 14.8. The minimum absolute atomic E-state index is 0.223.